The molecule has 1 N–H and O–H groups in total. The molecule has 0 aromatic heterocycles. The number of hydrogen-bond donors (Lipinski definition) is 1. The number of aryl methyl sites for hydroxylation is 1. The number of nitrogens with zero attached hydrogens (tertiary/aromatic N) is 1. The zero-order valence-electron chi connectivity index (χ0n) is 14.0. The number of nitrogens with one attached hydrogen (secondary N) is 1. The van der Waals surface area contributed by atoms with Crippen molar-refractivity contribution in [3.63, 3.8) is 0 Å². The van der Waals surface area contributed by atoms with Crippen LogP contribution in [0.1, 0.15) is 11.1 Å². The van der Waals surface area contributed by atoms with Crippen molar-refractivity contribution >= 4 is 11.6 Å². The van der Waals surface area contributed by atoms with E-state index in [4.69, 9.17) is 9.47 Å². The maximum atomic E-state index is 12.4. The van der Waals surface area contributed by atoms with Gasteiger partial charge in [0.1, 0.15) is 17.4 Å². The number of rotatable bonds is 6. The molecule has 0 bridgehead atoms. The Morgan fingerprint density at radius 3 is 2.46 bits per heavy atom. The van der Waals surface area contributed by atoms with Crippen molar-refractivity contribution in [1.82, 2.24) is 0 Å². The fourth-order valence-electron chi connectivity index (χ4n) is 2.30. The summed E-state index contributed by atoms with van der Waals surface area (Å²) < 4.78 is 10.5. The third-order valence-corrected chi connectivity index (χ3v) is 3.71. The summed E-state index contributed by atoms with van der Waals surface area (Å²) in [6.45, 7) is 1.97. The lowest BCUT2D eigenvalue weighted by Crippen LogP contribution is -2.23. The summed E-state index contributed by atoms with van der Waals surface area (Å²) in [4.78, 5) is 12.4. The van der Waals surface area contributed by atoms with Gasteiger partial charge in [-0.25, -0.2) is 0 Å². The van der Waals surface area contributed by atoms with Gasteiger partial charge >= 0.3 is 0 Å². The van der Waals surface area contributed by atoms with E-state index in [1.54, 1.807) is 32.4 Å². The van der Waals surface area contributed by atoms with Crippen molar-refractivity contribution in [2.45, 2.75) is 13.3 Å². The highest BCUT2D eigenvalue weighted by molar-refractivity contribution is 5.94. The maximum Gasteiger partial charge on any atom is 0.242 e. The normalized spacial score (nSPS) is 11.2. The molecule has 0 aliphatic rings. The van der Waals surface area contributed by atoms with E-state index in [0.717, 1.165) is 11.1 Å². The molecule has 1 unspecified atom stereocenters. The highest BCUT2D eigenvalue weighted by atomic mass is 16.5. The zero-order valence-corrected chi connectivity index (χ0v) is 14.0. The van der Waals surface area contributed by atoms with Gasteiger partial charge < -0.3 is 14.8 Å². The SMILES string of the molecule is COc1ccc(CC(C#N)C(=O)Nc2ccc(C)cc2)c(OC)c1. The number of carbonyl (C=O) groups is 1. The summed E-state index contributed by atoms with van der Waals surface area (Å²) in [7, 11) is 3.12. The topological polar surface area (TPSA) is 71.3 Å². The van der Waals surface area contributed by atoms with E-state index in [-0.39, 0.29) is 12.3 Å². The van der Waals surface area contributed by atoms with E-state index in [0.29, 0.717) is 17.2 Å². The molecule has 0 aliphatic carbocycles. The second-order valence-electron chi connectivity index (χ2n) is 5.42. The van der Waals surface area contributed by atoms with Gasteiger partial charge in [0, 0.05) is 18.2 Å². The molecule has 0 saturated heterocycles. The van der Waals surface area contributed by atoms with E-state index >= 15 is 0 Å². The molecule has 0 heterocycles. The van der Waals surface area contributed by atoms with Gasteiger partial charge in [0.15, 0.2) is 0 Å². The van der Waals surface area contributed by atoms with Crippen LogP contribution in [-0.4, -0.2) is 20.1 Å². The zero-order chi connectivity index (χ0) is 17.5. The molecule has 0 saturated carbocycles. The number of benzene rings is 2. The molecule has 1 amide bonds. The second-order valence-corrected chi connectivity index (χ2v) is 5.42. The van der Waals surface area contributed by atoms with Crippen molar-refractivity contribution < 1.29 is 14.3 Å². The van der Waals surface area contributed by atoms with E-state index in [1.807, 2.05) is 31.2 Å². The Bertz CT molecular complexity index is 748. The number of carbonyl (C=O) groups excluding carboxylic acids is 1. The minimum atomic E-state index is -0.811. The minimum absolute atomic E-state index is 0.265. The van der Waals surface area contributed by atoms with Crippen molar-refractivity contribution in [2.24, 2.45) is 5.92 Å². The molecule has 0 radical (unpaired) electrons. The van der Waals surface area contributed by atoms with Gasteiger partial charge in [-0.3, -0.25) is 4.79 Å². The molecule has 5 nitrogen and oxygen atoms in total. The molecule has 2 rings (SSSR count). The number of nitriles is 1. The molecule has 2 aromatic carbocycles. The predicted octanol–water partition coefficient (Wildman–Crippen LogP) is 3.33. The number of anilines is 1. The Morgan fingerprint density at radius 2 is 1.88 bits per heavy atom. The van der Waals surface area contributed by atoms with Crippen LogP contribution in [0.2, 0.25) is 0 Å². The highest BCUT2D eigenvalue weighted by Crippen LogP contribution is 2.27. The van der Waals surface area contributed by atoms with Crippen LogP contribution in [0.3, 0.4) is 0 Å². The fourth-order valence-corrected chi connectivity index (χ4v) is 2.30. The van der Waals surface area contributed by atoms with Crippen molar-refractivity contribution in [3.05, 3.63) is 53.6 Å². The number of methoxy groups -OCH3 is 2. The fraction of sp³-hybridized carbons (Fsp3) is 0.263. The average molecular weight is 324 g/mol. The van der Waals surface area contributed by atoms with Crippen molar-refractivity contribution in [2.75, 3.05) is 19.5 Å². The molecule has 0 spiro atoms. The maximum absolute atomic E-state index is 12.4. The predicted molar refractivity (Wildman–Crippen MR) is 92.2 cm³/mol. The van der Waals surface area contributed by atoms with Crippen LogP contribution in [0.5, 0.6) is 11.5 Å². The minimum Gasteiger partial charge on any atom is -0.497 e. The lowest BCUT2D eigenvalue weighted by Gasteiger charge is -2.14. The smallest absolute Gasteiger partial charge is 0.242 e. The van der Waals surface area contributed by atoms with Crippen LogP contribution in [0.15, 0.2) is 42.5 Å². The number of amides is 1. The quantitative estimate of drug-likeness (QED) is 0.884. The van der Waals surface area contributed by atoms with E-state index in [2.05, 4.69) is 11.4 Å². The first-order valence-electron chi connectivity index (χ1n) is 7.55. The Kier molecular flexibility index (Phi) is 5.80. The van der Waals surface area contributed by atoms with E-state index in [1.165, 1.54) is 0 Å². The van der Waals surface area contributed by atoms with E-state index < -0.39 is 5.92 Å². The van der Waals surface area contributed by atoms with Gasteiger partial charge in [-0.2, -0.15) is 5.26 Å². The number of ether oxygens (including phenoxy) is 2. The van der Waals surface area contributed by atoms with Crippen LogP contribution in [0.4, 0.5) is 5.69 Å². The first kappa shape index (κ1) is 17.4. The summed E-state index contributed by atoms with van der Waals surface area (Å²) in [5, 5.41) is 12.1. The first-order valence-corrected chi connectivity index (χ1v) is 7.55. The van der Waals surface area contributed by atoms with Gasteiger partial charge in [-0.05, 0) is 30.7 Å². The highest BCUT2D eigenvalue weighted by Gasteiger charge is 2.20. The molecule has 5 heteroatoms. The molecule has 0 fully saturated rings. The van der Waals surface area contributed by atoms with Crippen LogP contribution in [-0.2, 0) is 11.2 Å². The van der Waals surface area contributed by atoms with Gasteiger partial charge in [-0.15, -0.1) is 0 Å². The van der Waals surface area contributed by atoms with Gasteiger partial charge in [0.25, 0.3) is 0 Å². The van der Waals surface area contributed by atoms with Crippen LogP contribution < -0.4 is 14.8 Å². The van der Waals surface area contributed by atoms with Gasteiger partial charge in [0.2, 0.25) is 5.91 Å². The Hall–Kier alpha value is -3.00. The molecule has 2 aromatic rings. The Labute approximate surface area is 141 Å². The Balaban J connectivity index is 2.12. The van der Waals surface area contributed by atoms with Gasteiger partial charge in [-0.1, -0.05) is 23.8 Å². The summed E-state index contributed by atoms with van der Waals surface area (Å²) in [5.74, 6) is 0.110. The summed E-state index contributed by atoms with van der Waals surface area (Å²) in [6.07, 6.45) is 0.265. The van der Waals surface area contributed by atoms with E-state index in [9.17, 15) is 10.1 Å². The molecule has 24 heavy (non-hydrogen) atoms. The number of hydrogen-bond acceptors (Lipinski definition) is 4. The summed E-state index contributed by atoms with van der Waals surface area (Å²) >= 11 is 0. The first-order chi connectivity index (χ1) is 11.6. The molecule has 1 atom stereocenters. The third-order valence-electron chi connectivity index (χ3n) is 3.71. The standard InChI is InChI=1S/C19H20N2O3/c1-13-4-7-16(8-5-13)21-19(22)15(12-20)10-14-6-9-17(23-2)11-18(14)24-3/h4-9,11,15H,10H2,1-3H3,(H,21,22). The van der Waals surface area contributed by atoms with Crippen molar-refractivity contribution in [1.29, 1.82) is 5.26 Å². The second kappa shape index (κ2) is 8.02. The monoisotopic (exact) mass is 324 g/mol. The Morgan fingerprint density at radius 1 is 1.17 bits per heavy atom. The largest absolute Gasteiger partial charge is 0.497 e. The lowest BCUT2D eigenvalue weighted by atomic mass is 9.98. The molecular weight excluding hydrogens is 304 g/mol. The third kappa shape index (κ3) is 4.26. The molecule has 124 valence electrons. The van der Waals surface area contributed by atoms with Crippen molar-refractivity contribution in [3.8, 4) is 17.6 Å². The summed E-state index contributed by atoms with van der Waals surface area (Å²) in [6, 6.07) is 14.8. The summed E-state index contributed by atoms with van der Waals surface area (Å²) in [5.41, 5.74) is 2.56. The average Bonchev–Trinajstić information content (AvgIpc) is 2.61. The van der Waals surface area contributed by atoms with Crippen LogP contribution in [0, 0.1) is 24.2 Å². The molecule has 0 aliphatic heterocycles. The van der Waals surface area contributed by atoms with Crippen LogP contribution >= 0.6 is 0 Å². The molecular formula is C19H20N2O3. The van der Waals surface area contributed by atoms with Gasteiger partial charge in [0.05, 0.1) is 20.3 Å². The van der Waals surface area contributed by atoms with Crippen LogP contribution in [0.25, 0.3) is 0 Å². The lowest BCUT2D eigenvalue weighted by molar-refractivity contribution is -0.118.